The van der Waals surface area contributed by atoms with Crippen molar-refractivity contribution >= 4 is 5.97 Å². The van der Waals surface area contributed by atoms with Crippen LogP contribution in [0.1, 0.15) is 64.2 Å². The molecule has 3 nitrogen and oxygen atoms in total. The van der Waals surface area contributed by atoms with Crippen LogP contribution >= 0.6 is 0 Å². The van der Waals surface area contributed by atoms with Crippen LogP contribution in [0, 0.1) is 0 Å². The van der Waals surface area contributed by atoms with Gasteiger partial charge in [-0.15, -0.1) is 13.2 Å². The number of carbonyl (C=O) groups is 1. The molecule has 0 aromatic heterocycles. The van der Waals surface area contributed by atoms with Crippen molar-refractivity contribution in [1.29, 1.82) is 0 Å². The number of unbranched alkanes of at least 4 members (excludes halogenated alkanes) is 8. The SMILES string of the molecule is C=CCCCCCCN(CCCCCCC=C)CC(=O)[O-].[Na+]. The normalized spacial score (nSPS) is 10.2. The number of nitrogens with zero attached hydrogens (tertiary/aromatic N) is 1. The zero-order valence-electron chi connectivity index (χ0n) is 14.5. The molecule has 0 bridgehead atoms. The maximum absolute atomic E-state index is 10.8. The topological polar surface area (TPSA) is 43.4 Å². The molecule has 0 aromatic carbocycles. The Balaban J connectivity index is 0. The van der Waals surface area contributed by atoms with Gasteiger partial charge in [-0.2, -0.15) is 0 Å². The molecule has 0 spiro atoms. The van der Waals surface area contributed by atoms with Crippen LogP contribution in [0.5, 0.6) is 0 Å². The molecule has 0 rings (SSSR count). The number of carbonyl (C=O) groups excluding carboxylic acids is 1. The summed E-state index contributed by atoms with van der Waals surface area (Å²) in [6.07, 6.45) is 15.3. The predicted molar refractivity (Wildman–Crippen MR) is 88.0 cm³/mol. The Labute approximate surface area is 159 Å². The first-order valence-electron chi connectivity index (χ1n) is 8.34. The molecule has 0 atom stereocenters. The summed E-state index contributed by atoms with van der Waals surface area (Å²) in [6.45, 7) is 9.24. The first kappa shape index (κ1) is 24.2. The van der Waals surface area contributed by atoms with E-state index in [4.69, 9.17) is 0 Å². The third-order valence-corrected chi connectivity index (χ3v) is 3.62. The summed E-state index contributed by atoms with van der Waals surface area (Å²) in [6, 6.07) is 0. The van der Waals surface area contributed by atoms with E-state index in [9.17, 15) is 9.90 Å². The minimum absolute atomic E-state index is 0. The standard InChI is InChI=1S/C18H33NO2.Na/c1-3-5-7-9-11-13-15-19(17-18(20)21)16-14-12-10-8-6-4-2;/h3-4H,1-2,5-17H2,(H,20,21);/q;+1/p-1. The molecule has 0 radical (unpaired) electrons. The summed E-state index contributed by atoms with van der Waals surface area (Å²) in [5, 5.41) is 10.8. The van der Waals surface area contributed by atoms with Gasteiger partial charge in [-0.3, -0.25) is 4.90 Å². The van der Waals surface area contributed by atoms with E-state index in [0.29, 0.717) is 0 Å². The maximum atomic E-state index is 10.8. The van der Waals surface area contributed by atoms with Gasteiger partial charge < -0.3 is 9.90 Å². The van der Waals surface area contributed by atoms with E-state index < -0.39 is 5.97 Å². The summed E-state index contributed by atoms with van der Waals surface area (Å²) < 4.78 is 0. The van der Waals surface area contributed by atoms with E-state index in [1.807, 2.05) is 17.1 Å². The van der Waals surface area contributed by atoms with E-state index >= 15 is 0 Å². The van der Waals surface area contributed by atoms with Crippen LogP contribution < -0.4 is 34.7 Å². The molecule has 0 unspecified atom stereocenters. The number of hydrogen-bond acceptors (Lipinski definition) is 3. The molecular weight excluding hydrogens is 285 g/mol. The average molecular weight is 317 g/mol. The molecule has 122 valence electrons. The third kappa shape index (κ3) is 18.0. The van der Waals surface area contributed by atoms with Crippen molar-refractivity contribution in [1.82, 2.24) is 4.90 Å². The Kier molecular flexibility index (Phi) is 20.8. The van der Waals surface area contributed by atoms with Crippen LogP contribution in [-0.2, 0) is 4.79 Å². The quantitative estimate of drug-likeness (QED) is 0.234. The molecule has 0 heterocycles. The van der Waals surface area contributed by atoms with Crippen LogP contribution in [-0.4, -0.2) is 30.5 Å². The summed E-state index contributed by atoms with van der Waals surface area (Å²) >= 11 is 0. The first-order valence-corrected chi connectivity index (χ1v) is 8.34. The monoisotopic (exact) mass is 317 g/mol. The fourth-order valence-corrected chi connectivity index (χ4v) is 2.41. The van der Waals surface area contributed by atoms with Gasteiger partial charge in [-0.25, -0.2) is 0 Å². The minimum atomic E-state index is -0.965. The van der Waals surface area contributed by atoms with Crippen LogP contribution in [0.2, 0.25) is 0 Å². The van der Waals surface area contributed by atoms with Gasteiger partial charge in [-0.1, -0.05) is 37.8 Å². The van der Waals surface area contributed by atoms with Gasteiger partial charge >= 0.3 is 29.6 Å². The fourth-order valence-electron chi connectivity index (χ4n) is 2.41. The van der Waals surface area contributed by atoms with E-state index in [1.165, 1.54) is 25.7 Å². The van der Waals surface area contributed by atoms with Crippen LogP contribution in [0.15, 0.2) is 25.3 Å². The number of rotatable bonds is 16. The summed E-state index contributed by atoms with van der Waals surface area (Å²) in [7, 11) is 0. The van der Waals surface area contributed by atoms with Crippen molar-refractivity contribution in [3.63, 3.8) is 0 Å². The second-order valence-corrected chi connectivity index (χ2v) is 5.63. The van der Waals surface area contributed by atoms with Gasteiger partial charge in [0.15, 0.2) is 0 Å². The molecule has 22 heavy (non-hydrogen) atoms. The molecule has 0 aliphatic rings. The molecule has 0 aromatic rings. The van der Waals surface area contributed by atoms with Gasteiger partial charge in [-0.05, 0) is 51.6 Å². The molecular formula is C18H32NNaO2. The number of hydrogen-bond donors (Lipinski definition) is 0. The van der Waals surface area contributed by atoms with Crippen molar-refractivity contribution in [3.8, 4) is 0 Å². The Morgan fingerprint density at radius 1 is 0.818 bits per heavy atom. The molecule has 0 N–H and O–H groups in total. The molecule has 0 saturated heterocycles. The Morgan fingerprint density at radius 2 is 1.23 bits per heavy atom. The molecule has 0 fully saturated rings. The molecule has 0 aliphatic heterocycles. The van der Waals surface area contributed by atoms with Gasteiger partial charge in [0.2, 0.25) is 0 Å². The Hall–Kier alpha value is -0.0900. The van der Waals surface area contributed by atoms with Gasteiger partial charge in [0.05, 0.1) is 5.97 Å². The van der Waals surface area contributed by atoms with E-state index in [1.54, 1.807) is 0 Å². The van der Waals surface area contributed by atoms with Crippen molar-refractivity contribution in [2.24, 2.45) is 0 Å². The fraction of sp³-hybridized carbons (Fsp3) is 0.722. The maximum Gasteiger partial charge on any atom is 1.00 e. The predicted octanol–water partition coefficient (Wildman–Crippen LogP) is 0.315. The van der Waals surface area contributed by atoms with Crippen LogP contribution in [0.4, 0.5) is 0 Å². The van der Waals surface area contributed by atoms with E-state index in [0.717, 1.165) is 51.6 Å². The van der Waals surface area contributed by atoms with Crippen molar-refractivity contribution in [2.45, 2.75) is 64.2 Å². The van der Waals surface area contributed by atoms with Crippen molar-refractivity contribution in [3.05, 3.63) is 25.3 Å². The average Bonchev–Trinajstić information content (AvgIpc) is 2.45. The molecule has 0 aliphatic carbocycles. The number of allylic oxidation sites excluding steroid dienone is 2. The largest absolute Gasteiger partial charge is 1.00 e. The Morgan fingerprint density at radius 3 is 1.59 bits per heavy atom. The van der Waals surface area contributed by atoms with Crippen molar-refractivity contribution < 1.29 is 39.5 Å². The number of carboxylic acid groups (broad SMARTS) is 1. The van der Waals surface area contributed by atoms with Crippen molar-refractivity contribution in [2.75, 3.05) is 19.6 Å². The summed E-state index contributed by atoms with van der Waals surface area (Å²) in [5.74, 6) is -0.965. The summed E-state index contributed by atoms with van der Waals surface area (Å²) in [5.41, 5.74) is 0. The van der Waals surface area contributed by atoms with Crippen LogP contribution in [0.3, 0.4) is 0 Å². The third-order valence-electron chi connectivity index (χ3n) is 3.62. The minimum Gasteiger partial charge on any atom is -0.549 e. The zero-order valence-corrected chi connectivity index (χ0v) is 16.5. The van der Waals surface area contributed by atoms with Gasteiger partial charge in [0, 0.05) is 6.54 Å². The van der Waals surface area contributed by atoms with E-state index in [2.05, 4.69) is 13.2 Å². The molecule has 4 heteroatoms. The number of aliphatic carboxylic acids is 1. The Bertz CT molecular complexity index is 262. The van der Waals surface area contributed by atoms with Gasteiger partial charge in [0.25, 0.3) is 0 Å². The zero-order chi connectivity index (χ0) is 15.8. The number of carboxylic acids is 1. The summed E-state index contributed by atoms with van der Waals surface area (Å²) in [4.78, 5) is 12.8. The van der Waals surface area contributed by atoms with Crippen LogP contribution in [0.25, 0.3) is 0 Å². The van der Waals surface area contributed by atoms with Gasteiger partial charge in [0.1, 0.15) is 0 Å². The second kappa shape index (κ2) is 19.0. The molecule has 0 saturated carbocycles. The second-order valence-electron chi connectivity index (χ2n) is 5.63. The smallest absolute Gasteiger partial charge is 0.549 e. The molecule has 0 amide bonds. The first-order chi connectivity index (χ1) is 10.2. The van der Waals surface area contributed by atoms with E-state index in [-0.39, 0.29) is 36.1 Å².